The van der Waals surface area contributed by atoms with E-state index in [0.717, 1.165) is 12.8 Å². The van der Waals surface area contributed by atoms with Crippen molar-refractivity contribution in [2.24, 2.45) is 5.73 Å². The number of alkyl halides is 3. The van der Waals surface area contributed by atoms with Gasteiger partial charge in [-0.2, -0.15) is 13.2 Å². The summed E-state index contributed by atoms with van der Waals surface area (Å²) in [5.41, 5.74) is 5.44. The lowest BCUT2D eigenvalue weighted by molar-refractivity contribution is -0.154. The zero-order chi connectivity index (χ0) is 17.7. The van der Waals surface area contributed by atoms with Crippen LogP contribution in [0.2, 0.25) is 0 Å². The Bertz CT molecular complexity index is 590. The number of primary amides is 1. The molecule has 1 atom stereocenters. The van der Waals surface area contributed by atoms with Gasteiger partial charge in [-0.25, -0.2) is 4.98 Å². The molecule has 1 unspecified atom stereocenters. The Morgan fingerprint density at radius 1 is 1.33 bits per heavy atom. The highest BCUT2D eigenvalue weighted by atomic mass is 19.4. The maximum Gasteiger partial charge on any atom is 0.422 e. The molecular weight excluding hydrogens is 327 g/mol. The molecular formula is C15H18F3N3O3. The van der Waals surface area contributed by atoms with Crippen molar-refractivity contribution < 1.29 is 27.5 Å². The third kappa shape index (κ3) is 5.10. The van der Waals surface area contributed by atoms with Crippen LogP contribution >= 0.6 is 0 Å². The molecule has 0 aliphatic carbocycles. The minimum atomic E-state index is -4.45. The van der Waals surface area contributed by atoms with Crippen molar-refractivity contribution >= 4 is 11.8 Å². The summed E-state index contributed by atoms with van der Waals surface area (Å²) in [6.45, 7) is -0.941. The van der Waals surface area contributed by atoms with E-state index in [2.05, 4.69) is 9.72 Å². The second-order valence-corrected chi connectivity index (χ2v) is 5.61. The van der Waals surface area contributed by atoms with Gasteiger partial charge >= 0.3 is 6.18 Å². The van der Waals surface area contributed by atoms with E-state index in [0.29, 0.717) is 13.0 Å². The van der Waals surface area contributed by atoms with Crippen LogP contribution in [0.3, 0.4) is 0 Å². The molecule has 24 heavy (non-hydrogen) atoms. The molecule has 2 heterocycles. The van der Waals surface area contributed by atoms with Crippen molar-refractivity contribution in [2.75, 3.05) is 13.2 Å². The van der Waals surface area contributed by atoms with Crippen molar-refractivity contribution in [2.45, 2.75) is 37.9 Å². The first kappa shape index (κ1) is 18.0. The highest BCUT2D eigenvalue weighted by Crippen LogP contribution is 2.22. The number of aromatic nitrogens is 1. The largest absolute Gasteiger partial charge is 0.468 e. The zero-order valence-electron chi connectivity index (χ0n) is 12.9. The van der Waals surface area contributed by atoms with E-state index >= 15 is 0 Å². The van der Waals surface area contributed by atoms with E-state index in [9.17, 15) is 22.8 Å². The van der Waals surface area contributed by atoms with E-state index in [1.54, 1.807) is 4.90 Å². The van der Waals surface area contributed by atoms with Gasteiger partial charge in [-0.15, -0.1) is 0 Å². The summed E-state index contributed by atoms with van der Waals surface area (Å²) < 4.78 is 40.8. The highest BCUT2D eigenvalue weighted by Gasteiger charge is 2.30. The first-order valence-electron chi connectivity index (χ1n) is 7.51. The van der Waals surface area contributed by atoms with Crippen LogP contribution in [-0.4, -0.2) is 47.1 Å². The van der Waals surface area contributed by atoms with Crippen molar-refractivity contribution in [3.8, 4) is 5.88 Å². The number of hydrogen-bond donors (Lipinski definition) is 1. The molecule has 2 N–H and O–H groups in total. The Hall–Kier alpha value is -2.32. The van der Waals surface area contributed by atoms with Gasteiger partial charge in [0, 0.05) is 31.3 Å². The van der Waals surface area contributed by atoms with Crippen LogP contribution < -0.4 is 10.5 Å². The van der Waals surface area contributed by atoms with Crippen molar-refractivity contribution in [1.82, 2.24) is 9.88 Å². The lowest BCUT2D eigenvalue weighted by Crippen LogP contribution is -2.45. The van der Waals surface area contributed by atoms with E-state index in [-0.39, 0.29) is 29.8 Å². The van der Waals surface area contributed by atoms with Gasteiger partial charge in [0.1, 0.15) is 0 Å². The molecule has 1 aromatic rings. The number of halogens is 3. The summed E-state index contributed by atoms with van der Waals surface area (Å²) in [4.78, 5) is 29.0. The van der Waals surface area contributed by atoms with Crippen molar-refractivity contribution in [3.05, 3.63) is 23.9 Å². The molecule has 1 aliphatic heterocycles. The molecule has 1 aromatic heterocycles. The number of carbonyl (C=O) groups excluding carboxylic acids is 2. The Kier molecular flexibility index (Phi) is 5.63. The molecule has 0 spiro atoms. The van der Waals surface area contributed by atoms with Crippen LogP contribution in [-0.2, 0) is 4.79 Å². The van der Waals surface area contributed by atoms with Crippen molar-refractivity contribution in [1.29, 1.82) is 0 Å². The van der Waals surface area contributed by atoms with Gasteiger partial charge in [0.15, 0.2) is 6.61 Å². The fourth-order valence-corrected chi connectivity index (χ4v) is 2.63. The third-order valence-corrected chi connectivity index (χ3v) is 3.69. The molecule has 0 bridgehead atoms. The molecule has 132 valence electrons. The zero-order valence-corrected chi connectivity index (χ0v) is 12.9. The number of ether oxygens (including phenoxy) is 1. The molecule has 1 fully saturated rings. The monoisotopic (exact) mass is 345 g/mol. The van der Waals surface area contributed by atoms with Gasteiger partial charge in [0.2, 0.25) is 11.8 Å². The standard InChI is InChI=1S/C15H18F3N3O3/c16-15(17,18)9-24-13-5-4-10(8-20-13)14(23)21-6-2-1-3-11(21)7-12(19)22/h4-5,8,11H,1-3,6-7,9H2,(H2,19,22). The van der Waals surface area contributed by atoms with Gasteiger partial charge in [0.25, 0.3) is 5.91 Å². The number of hydrogen-bond acceptors (Lipinski definition) is 4. The van der Waals surface area contributed by atoms with Crippen LogP contribution in [0.4, 0.5) is 13.2 Å². The minimum absolute atomic E-state index is 0.0892. The molecule has 1 saturated heterocycles. The molecule has 0 radical (unpaired) electrons. The minimum Gasteiger partial charge on any atom is -0.468 e. The third-order valence-electron chi connectivity index (χ3n) is 3.69. The predicted molar refractivity (Wildman–Crippen MR) is 78.3 cm³/mol. The summed E-state index contributed by atoms with van der Waals surface area (Å²) in [5.74, 6) is -1.01. The average Bonchev–Trinajstić information content (AvgIpc) is 2.52. The summed E-state index contributed by atoms with van der Waals surface area (Å²) in [6, 6.07) is 2.31. The van der Waals surface area contributed by atoms with Gasteiger partial charge in [0.05, 0.1) is 5.56 Å². The normalized spacial score (nSPS) is 18.3. The Balaban J connectivity index is 2.04. The summed E-state index contributed by atoms with van der Waals surface area (Å²) in [7, 11) is 0. The lowest BCUT2D eigenvalue weighted by Gasteiger charge is -2.35. The fraction of sp³-hybridized carbons (Fsp3) is 0.533. The molecule has 9 heteroatoms. The SMILES string of the molecule is NC(=O)CC1CCCCN1C(=O)c1ccc(OCC(F)(F)F)nc1. The Labute approximate surface area is 136 Å². The number of likely N-dealkylation sites (tertiary alicyclic amines) is 1. The first-order valence-corrected chi connectivity index (χ1v) is 7.51. The number of pyridine rings is 1. The molecule has 0 saturated carbocycles. The average molecular weight is 345 g/mol. The number of nitrogens with zero attached hydrogens (tertiary/aromatic N) is 2. The molecule has 2 rings (SSSR count). The van der Waals surface area contributed by atoms with Gasteiger partial charge in [-0.05, 0) is 25.3 Å². The number of rotatable bonds is 5. The first-order chi connectivity index (χ1) is 11.3. The second kappa shape index (κ2) is 7.50. The van der Waals surface area contributed by atoms with Crippen LogP contribution in [0, 0.1) is 0 Å². The molecule has 2 amide bonds. The van der Waals surface area contributed by atoms with Crippen molar-refractivity contribution in [3.63, 3.8) is 0 Å². The lowest BCUT2D eigenvalue weighted by atomic mass is 9.98. The highest BCUT2D eigenvalue weighted by molar-refractivity contribution is 5.94. The topological polar surface area (TPSA) is 85.5 Å². The van der Waals surface area contributed by atoms with E-state index in [4.69, 9.17) is 5.73 Å². The Morgan fingerprint density at radius 3 is 2.67 bits per heavy atom. The van der Waals surface area contributed by atoms with Gasteiger partial charge < -0.3 is 15.4 Å². The summed E-state index contributed by atoms with van der Waals surface area (Å²) >= 11 is 0. The Morgan fingerprint density at radius 2 is 2.08 bits per heavy atom. The number of piperidine rings is 1. The van der Waals surface area contributed by atoms with Gasteiger partial charge in [-0.1, -0.05) is 0 Å². The number of nitrogens with two attached hydrogens (primary N) is 1. The van der Waals surface area contributed by atoms with E-state index in [1.807, 2.05) is 0 Å². The predicted octanol–water partition coefficient (Wildman–Crippen LogP) is 1.89. The maximum atomic E-state index is 12.5. The van der Waals surface area contributed by atoms with Gasteiger partial charge in [-0.3, -0.25) is 9.59 Å². The second-order valence-electron chi connectivity index (χ2n) is 5.61. The molecule has 1 aliphatic rings. The van der Waals surface area contributed by atoms with E-state index < -0.39 is 18.7 Å². The summed E-state index contributed by atoms with van der Waals surface area (Å²) in [5, 5.41) is 0. The summed E-state index contributed by atoms with van der Waals surface area (Å²) in [6.07, 6.45) is -0.776. The molecule has 6 nitrogen and oxygen atoms in total. The van der Waals surface area contributed by atoms with Crippen LogP contribution in [0.15, 0.2) is 18.3 Å². The quantitative estimate of drug-likeness (QED) is 0.883. The smallest absolute Gasteiger partial charge is 0.422 e. The van der Waals surface area contributed by atoms with Crippen LogP contribution in [0.5, 0.6) is 5.88 Å². The molecule has 0 aromatic carbocycles. The maximum absolute atomic E-state index is 12.5. The number of carbonyl (C=O) groups is 2. The number of amides is 2. The fourth-order valence-electron chi connectivity index (χ4n) is 2.63. The van der Waals surface area contributed by atoms with Crippen LogP contribution in [0.1, 0.15) is 36.0 Å². The van der Waals surface area contributed by atoms with E-state index in [1.165, 1.54) is 18.3 Å². The van der Waals surface area contributed by atoms with Crippen LogP contribution in [0.25, 0.3) is 0 Å².